The van der Waals surface area contributed by atoms with Crippen molar-refractivity contribution in [2.45, 2.75) is 68.2 Å². The molecule has 3 heterocycles. The molecular formula is C24H32N2O5S. The Labute approximate surface area is 193 Å². The van der Waals surface area contributed by atoms with Crippen LogP contribution in [0.15, 0.2) is 30.3 Å². The number of aliphatic hydroxyl groups is 1. The number of likely N-dealkylation sites (tertiary alicyclic amines) is 1. The SMILES string of the molecule is CCOC(=O)[C@@H]1[C@@H]2CCC3(S2)C(C(=O)NC(C)C)N([C@@H](CO)Cc2ccccc2)C(=O)[C@H]13. The van der Waals surface area contributed by atoms with Crippen molar-refractivity contribution in [2.24, 2.45) is 11.8 Å². The van der Waals surface area contributed by atoms with E-state index in [4.69, 9.17) is 4.74 Å². The number of esters is 1. The molecule has 3 fully saturated rings. The van der Waals surface area contributed by atoms with Crippen LogP contribution in [0, 0.1) is 11.8 Å². The summed E-state index contributed by atoms with van der Waals surface area (Å²) in [5.41, 5.74) is 0.982. The number of rotatable bonds is 8. The fourth-order valence-electron chi connectivity index (χ4n) is 5.79. The first-order valence-electron chi connectivity index (χ1n) is 11.5. The summed E-state index contributed by atoms with van der Waals surface area (Å²) in [6.45, 7) is 5.55. The molecule has 6 atom stereocenters. The van der Waals surface area contributed by atoms with Crippen LogP contribution >= 0.6 is 11.8 Å². The highest BCUT2D eigenvalue weighted by Crippen LogP contribution is 2.66. The first kappa shape index (κ1) is 23.1. The van der Waals surface area contributed by atoms with Gasteiger partial charge in [-0.05, 0) is 45.6 Å². The predicted molar refractivity (Wildman–Crippen MR) is 122 cm³/mol. The Hall–Kier alpha value is -2.06. The van der Waals surface area contributed by atoms with Crippen molar-refractivity contribution in [1.29, 1.82) is 0 Å². The number of ether oxygens (including phenoxy) is 1. The van der Waals surface area contributed by atoms with Crippen molar-refractivity contribution in [1.82, 2.24) is 10.2 Å². The zero-order valence-corrected chi connectivity index (χ0v) is 19.6. The van der Waals surface area contributed by atoms with Gasteiger partial charge in [-0.25, -0.2) is 0 Å². The number of hydrogen-bond donors (Lipinski definition) is 2. The van der Waals surface area contributed by atoms with Gasteiger partial charge in [0.25, 0.3) is 0 Å². The molecule has 2 amide bonds. The number of fused-ring (bicyclic) bond motifs is 1. The number of amides is 2. The summed E-state index contributed by atoms with van der Waals surface area (Å²) in [4.78, 5) is 41.8. The van der Waals surface area contributed by atoms with Crippen LogP contribution in [-0.4, -0.2) is 69.1 Å². The lowest BCUT2D eigenvalue weighted by Gasteiger charge is -2.37. The van der Waals surface area contributed by atoms with E-state index in [0.29, 0.717) is 12.8 Å². The summed E-state index contributed by atoms with van der Waals surface area (Å²) in [5, 5.41) is 13.3. The van der Waals surface area contributed by atoms with Gasteiger partial charge in [-0.1, -0.05) is 30.3 Å². The summed E-state index contributed by atoms with van der Waals surface area (Å²) in [6.07, 6.45) is 1.92. The molecule has 32 heavy (non-hydrogen) atoms. The number of nitrogens with one attached hydrogen (secondary N) is 1. The lowest BCUT2D eigenvalue weighted by atomic mass is 9.71. The van der Waals surface area contributed by atoms with E-state index in [1.807, 2.05) is 44.2 Å². The summed E-state index contributed by atoms with van der Waals surface area (Å²) in [6, 6.07) is 8.30. The second-order valence-electron chi connectivity index (χ2n) is 9.24. The van der Waals surface area contributed by atoms with Crippen LogP contribution in [0.5, 0.6) is 0 Å². The molecule has 2 bridgehead atoms. The van der Waals surface area contributed by atoms with Gasteiger partial charge in [0, 0.05) is 11.3 Å². The lowest BCUT2D eigenvalue weighted by Crippen LogP contribution is -2.57. The van der Waals surface area contributed by atoms with E-state index >= 15 is 0 Å². The largest absolute Gasteiger partial charge is 0.466 e. The molecule has 4 rings (SSSR count). The quantitative estimate of drug-likeness (QED) is 0.574. The average molecular weight is 461 g/mol. The molecule has 0 aliphatic carbocycles. The predicted octanol–water partition coefficient (Wildman–Crippen LogP) is 1.77. The topological polar surface area (TPSA) is 95.9 Å². The third-order valence-corrected chi connectivity index (χ3v) is 8.85. The molecule has 1 aromatic carbocycles. The number of nitrogens with zero attached hydrogens (tertiary/aromatic N) is 1. The maximum atomic E-state index is 13.9. The highest BCUT2D eigenvalue weighted by atomic mass is 32.2. The third kappa shape index (κ3) is 3.71. The minimum Gasteiger partial charge on any atom is -0.466 e. The number of benzene rings is 1. The monoisotopic (exact) mass is 460 g/mol. The van der Waals surface area contributed by atoms with Crippen molar-refractivity contribution in [2.75, 3.05) is 13.2 Å². The van der Waals surface area contributed by atoms with E-state index in [-0.39, 0.29) is 42.3 Å². The second-order valence-corrected chi connectivity index (χ2v) is 10.8. The molecule has 7 nitrogen and oxygen atoms in total. The van der Waals surface area contributed by atoms with Crippen molar-refractivity contribution < 1.29 is 24.2 Å². The van der Waals surface area contributed by atoms with Crippen molar-refractivity contribution in [3.05, 3.63) is 35.9 Å². The van der Waals surface area contributed by atoms with Crippen LogP contribution in [0.3, 0.4) is 0 Å². The summed E-state index contributed by atoms with van der Waals surface area (Å²) < 4.78 is 4.67. The molecule has 3 aliphatic heterocycles. The van der Waals surface area contributed by atoms with E-state index in [1.165, 1.54) is 0 Å². The Bertz CT molecular complexity index is 878. The van der Waals surface area contributed by atoms with Gasteiger partial charge in [-0.3, -0.25) is 14.4 Å². The number of carbonyl (C=O) groups excluding carboxylic acids is 3. The van der Waals surface area contributed by atoms with E-state index in [0.717, 1.165) is 12.0 Å². The summed E-state index contributed by atoms with van der Waals surface area (Å²) in [7, 11) is 0. The smallest absolute Gasteiger partial charge is 0.310 e. The molecule has 0 aromatic heterocycles. The molecule has 0 radical (unpaired) electrons. The molecule has 2 N–H and O–H groups in total. The molecule has 174 valence electrons. The fraction of sp³-hybridized carbons (Fsp3) is 0.625. The Morgan fingerprint density at radius 2 is 2.03 bits per heavy atom. The highest BCUT2D eigenvalue weighted by molar-refractivity contribution is 8.02. The van der Waals surface area contributed by atoms with Gasteiger partial charge in [-0.2, -0.15) is 0 Å². The normalized spacial score (nSPS) is 31.7. The van der Waals surface area contributed by atoms with Gasteiger partial charge >= 0.3 is 5.97 Å². The second kappa shape index (κ2) is 9.06. The molecule has 3 saturated heterocycles. The van der Waals surface area contributed by atoms with Gasteiger partial charge in [0.1, 0.15) is 6.04 Å². The minimum atomic E-state index is -0.724. The lowest BCUT2D eigenvalue weighted by molar-refractivity contribution is -0.154. The fourth-order valence-corrected chi connectivity index (χ4v) is 7.98. The van der Waals surface area contributed by atoms with Crippen molar-refractivity contribution in [3.63, 3.8) is 0 Å². The number of hydrogen-bond acceptors (Lipinski definition) is 6. The Balaban J connectivity index is 1.74. The number of carbonyl (C=O) groups is 3. The van der Waals surface area contributed by atoms with Crippen LogP contribution < -0.4 is 5.32 Å². The van der Waals surface area contributed by atoms with Crippen LogP contribution in [0.2, 0.25) is 0 Å². The highest BCUT2D eigenvalue weighted by Gasteiger charge is 2.74. The molecular weight excluding hydrogens is 428 g/mol. The summed E-state index contributed by atoms with van der Waals surface area (Å²) in [5.74, 6) is -1.91. The van der Waals surface area contributed by atoms with Crippen molar-refractivity contribution in [3.8, 4) is 0 Å². The van der Waals surface area contributed by atoms with Crippen LogP contribution in [0.25, 0.3) is 0 Å². The van der Waals surface area contributed by atoms with Gasteiger partial charge < -0.3 is 20.1 Å². The molecule has 1 spiro atoms. The maximum absolute atomic E-state index is 13.9. The zero-order valence-electron chi connectivity index (χ0n) is 18.8. The Kier molecular flexibility index (Phi) is 6.54. The average Bonchev–Trinajstić information content (AvgIpc) is 3.40. The molecule has 1 aromatic rings. The summed E-state index contributed by atoms with van der Waals surface area (Å²) >= 11 is 1.61. The van der Waals surface area contributed by atoms with E-state index in [9.17, 15) is 19.5 Å². The Morgan fingerprint density at radius 3 is 2.66 bits per heavy atom. The first-order valence-corrected chi connectivity index (χ1v) is 12.3. The minimum absolute atomic E-state index is 0.0128. The van der Waals surface area contributed by atoms with Crippen LogP contribution in [0.4, 0.5) is 0 Å². The molecule has 2 unspecified atom stereocenters. The van der Waals surface area contributed by atoms with Gasteiger partial charge in [-0.15, -0.1) is 11.8 Å². The van der Waals surface area contributed by atoms with Crippen molar-refractivity contribution >= 4 is 29.5 Å². The van der Waals surface area contributed by atoms with E-state index in [2.05, 4.69) is 5.32 Å². The Morgan fingerprint density at radius 1 is 1.31 bits per heavy atom. The van der Waals surface area contributed by atoms with Crippen LogP contribution in [0.1, 0.15) is 39.2 Å². The van der Waals surface area contributed by atoms with Crippen LogP contribution in [-0.2, 0) is 25.5 Å². The van der Waals surface area contributed by atoms with Gasteiger partial charge in [0.15, 0.2) is 0 Å². The standard InChI is InChI=1S/C24H32N2O5S/c1-4-31-23(30)18-17-10-11-24(32-17)19(18)22(29)26(20(24)21(28)25-14(2)3)16(13-27)12-15-8-6-5-7-9-15/h5-9,14,16-20,27H,4,10-13H2,1-3H3,(H,25,28)/t16-,17+,18-,19+,20?,24?/m1/s1. The maximum Gasteiger partial charge on any atom is 0.310 e. The van der Waals surface area contributed by atoms with Gasteiger partial charge in [0.2, 0.25) is 11.8 Å². The van der Waals surface area contributed by atoms with E-state index < -0.39 is 28.7 Å². The number of aliphatic hydroxyl groups excluding tert-OH is 1. The molecule has 3 aliphatic rings. The number of thioether (sulfide) groups is 1. The molecule has 0 saturated carbocycles. The molecule has 8 heteroatoms. The van der Waals surface area contributed by atoms with Gasteiger partial charge in [0.05, 0.1) is 35.8 Å². The first-order chi connectivity index (χ1) is 15.3. The van der Waals surface area contributed by atoms with E-state index in [1.54, 1.807) is 23.6 Å². The third-order valence-electron chi connectivity index (χ3n) is 6.89. The zero-order chi connectivity index (χ0) is 23.0.